The molecule has 0 spiro atoms. The first kappa shape index (κ1) is 24.8. The average molecular weight is 489 g/mol. The van der Waals surface area contributed by atoms with Crippen molar-refractivity contribution >= 4 is 23.8 Å². The topological polar surface area (TPSA) is 114 Å². The molecule has 0 aliphatic heterocycles. The number of ether oxygens (including phenoxy) is 2. The average Bonchev–Trinajstić information content (AvgIpc) is 3.14. The van der Waals surface area contributed by atoms with Crippen LogP contribution in [0.2, 0.25) is 0 Å². The van der Waals surface area contributed by atoms with E-state index in [9.17, 15) is 19.5 Å². The third-order valence-electron chi connectivity index (χ3n) is 5.74. The molecule has 4 rings (SSSR count). The highest BCUT2D eigenvalue weighted by Gasteiger charge is 2.30. The highest BCUT2D eigenvalue weighted by Crippen LogP contribution is 2.44. The van der Waals surface area contributed by atoms with Crippen LogP contribution in [0.1, 0.15) is 49.4 Å². The molecule has 186 valence electrons. The van der Waals surface area contributed by atoms with E-state index in [0.29, 0.717) is 11.3 Å². The Labute approximate surface area is 209 Å². The lowest BCUT2D eigenvalue weighted by atomic mass is 9.98. The minimum Gasteiger partial charge on any atom is -0.479 e. The second-order valence-corrected chi connectivity index (χ2v) is 9.49. The smallest absolute Gasteiger partial charge is 0.412 e. The van der Waals surface area contributed by atoms with E-state index in [2.05, 4.69) is 10.6 Å². The van der Waals surface area contributed by atoms with Gasteiger partial charge in [-0.2, -0.15) is 0 Å². The van der Waals surface area contributed by atoms with Gasteiger partial charge < -0.3 is 19.9 Å². The molecule has 0 saturated heterocycles. The van der Waals surface area contributed by atoms with Gasteiger partial charge in [-0.15, -0.1) is 0 Å². The molecule has 1 aliphatic carbocycles. The van der Waals surface area contributed by atoms with Crippen molar-refractivity contribution in [2.24, 2.45) is 0 Å². The summed E-state index contributed by atoms with van der Waals surface area (Å²) >= 11 is 0. The van der Waals surface area contributed by atoms with E-state index < -0.39 is 29.8 Å². The predicted octanol–water partition coefficient (Wildman–Crippen LogP) is 5.70. The van der Waals surface area contributed by atoms with Crippen molar-refractivity contribution in [3.05, 3.63) is 89.5 Å². The van der Waals surface area contributed by atoms with Gasteiger partial charge in [-0.1, -0.05) is 60.7 Å². The number of anilines is 1. The molecule has 0 radical (unpaired) electrons. The van der Waals surface area contributed by atoms with Crippen molar-refractivity contribution in [3.8, 4) is 11.1 Å². The second kappa shape index (κ2) is 10.1. The van der Waals surface area contributed by atoms with E-state index in [1.165, 1.54) is 24.3 Å². The second-order valence-electron chi connectivity index (χ2n) is 9.49. The molecule has 0 aromatic heterocycles. The number of rotatable bonds is 6. The summed E-state index contributed by atoms with van der Waals surface area (Å²) < 4.78 is 10.7. The lowest BCUT2D eigenvalue weighted by molar-refractivity contribution is -0.139. The number of amides is 2. The molecule has 1 aliphatic rings. The fourth-order valence-electron chi connectivity index (χ4n) is 4.23. The van der Waals surface area contributed by atoms with Gasteiger partial charge >= 0.3 is 18.2 Å². The quantitative estimate of drug-likeness (QED) is 0.410. The minimum atomic E-state index is -1.32. The maximum atomic E-state index is 12.6. The number of nitrogens with one attached hydrogen (secondary N) is 2. The summed E-state index contributed by atoms with van der Waals surface area (Å²) in [7, 11) is 0. The first-order valence-electron chi connectivity index (χ1n) is 11.6. The number of carbonyl (C=O) groups excluding carboxylic acids is 2. The number of carbonyl (C=O) groups is 3. The predicted molar refractivity (Wildman–Crippen MR) is 135 cm³/mol. The third-order valence-corrected chi connectivity index (χ3v) is 5.74. The number of hydrogen-bond acceptors (Lipinski definition) is 5. The van der Waals surface area contributed by atoms with Crippen LogP contribution < -0.4 is 10.6 Å². The SMILES string of the molecule is CC(C)(C)OC(=O)Nc1ccc([C@@H](NC(=O)OCC2c3ccccc3-c3ccccc32)C(=O)O)cc1. The Balaban J connectivity index is 1.40. The summed E-state index contributed by atoms with van der Waals surface area (Å²) in [5, 5.41) is 14.7. The maximum Gasteiger partial charge on any atom is 0.412 e. The van der Waals surface area contributed by atoms with Gasteiger partial charge in [0.15, 0.2) is 6.04 Å². The summed E-state index contributed by atoms with van der Waals surface area (Å²) in [4.78, 5) is 36.4. The van der Waals surface area contributed by atoms with Crippen LogP contribution >= 0.6 is 0 Å². The van der Waals surface area contributed by atoms with Crippen LogP contribution in [0.5, 0.6) is 0 Å². The summed E-state index contributed by atoms with van der Waals surface area (Å²) in [5.41, 5.74) is 4.44. The van der Waals surface area contributed by atoms with Crippen molar-refractivity contribution in [1.82, 2.24) is 5.32 Å². The zero-order chi connectivity index (χ0) is 25.9. The van der Waals surface area contributed by atoms with Gasteiger partial charge in [0, 0.05) is 11.6 Å². The lowest BCUT2D eigenvalue weighted by Crippen LogP contribution is -2.34. The van der Waals surface area contributed by atoms with E-state index in [-0.39, 0.29) is 12.5 Å². The molecule has 0 unspecified atom stereocenters. The van der Waals surface area contributed by atoms with Gasteiger partial charge in [0.2, 0.25) is 0 Å². The van der Waals surface area contributed by atoms with E-state index in [4.69, 9.17) is 9.47 Å². The normalized spacial score (nSPS) is 13.2. The molecule has 3 N–H and O–H groups in total. The van der Waals surface area contributed by atoms with Gasteiger partial charge in [-0.3, -0.25) is 5.32 Å². The van der Waals surface area contributed by atoms with E-state index in [1.54, 1.807) is 20.8 Å². The van der Waals surface area contributed by atoms with Gasteiger partial charge in [0.25, 0.3) is 0 Å². The molecule has 3 aromatic carbocycles. The van der Waals surface area contributed by atoms with Crippen LogP contribution in [0, 0.1) is 0 Å². The van der Waals surface area contributed by atoms with Gasteiger partial charge in [0.1, 0.15) is 12.2 Å². The Morgan fingerprint density at radius 2 is 1.42 bits per heavy atom. The molecule has 0 saturated carbocycles. The minimum absolute atomic E-state index is 0.0744. The zero-order valence-electron chi connectivity index (χ0n) is 20.3. The summed E-state index contributed by atoms with van der Waals surface area (Å²) in [6, 6.07) is 20.7. The first-order valence-corrected chi connectivity index (χ1v) is 11.6. The van der Waals surface area contributed by atoms with Crippen LogP contribution in [-0.4, -0.2) is 35.5 Å². The van der Waals surface area contributed by atoms with Gasteiger partial charge in [-0.05, 0) is 60.7 Å². The molecule has 0 bridgehead atoms. The van der Waals surface area contributed by atoms with Crippen molar-refractivity contribution in [3.63, 3.8) is 0 Å². The van der Waals surface area contributed by atoms with E-state index >= 15 is 0 Å². The Kier molecular flexibility index (Phi) is 6.96. The summed E-state index contributed by atoms with van der Waals surface area (Å²) in [5.74, 6) is -1.37. The lowest BCUT2D eigenvalue weighted by Gasteiger charge is -2.20. The number of carboxylic acids is 1. The molecule has 2 amide bonds. The number of benzene rings is 3. The molecule has 8 heteroatoms. The molecule has 0 heterocycles. The number of carboxylic acid groups (broad SMARTS) is 1. The fraction of sp³-hybridized carbons (Fsp3) is 0.250. The fourth-order valence-corrected chi connectivity index (χ4v) is 4.23. The van der Waals surface area contributed by atoms with Crippen LogP contribution in [0.25, 0.3) is 11.1 Å². The molecular formula is C28H28N2O6. The zero-order valence-corrected chi connectivity index (χ0v) is 20.3. The largest absolute Gasteiger partial charge is 0.479 e. The van der Waals surface area contributed by atoms with Crippen molar-refractivity contribution < 1.29 is 29.0 Å². The van der Waals surface area contributed by atoms with Crippen LogP contribution in [-0.2, 0) is 14.3 Å². The first-order chi connectivity index (χ1) is 17.1. The van der Waals surface area contributed by atoms with Gasteiger partial charge in [-0.25, -0.2) is 14.4 Å². The third kappa shape index (κ3) is 5.66. The standard InChI is InChI=1S/C28H28N2O6/c1-28(2,3)36-27(34)29-18-14-12-17(13-15-18)24(25(31)32)30-26(33)35-16-23-21-10-6-4-8-19(21)20-9-5-7-11-22(20)23/h4-15,23-24H,16H2,1-3H3,(H,29,34)(H,30,33)(H,31,32)/t24-/m1/s1. The molecule has 1 atom stereocenters. The van der Waals surface area contributed by atoms with E-state index in [1.807, 2.05) is 48.5 Å². The summed E-state index contributed by atoms with van der Waals surface area (Å²) in [6.07, 6.45) is -1.46. The molecule has 0 fully saturated rings. The number of hydrogen-bond donors (Lipinski definition) is 3. The Morgan fingerprint density at radius 1 is 0.861 bits per heavy atom. The number of alkyl carbamates (subject to hydrolysis) is 1. The Hall–Kier alpha value is -4.33. The molecular weight excluding hydrogens is 460 g/mol. The highest BCUT2D eigenvalue weighted by atomic mass is 16.6. The molecule has 8 nitrogen and oxygen atoms in total. The van der Waals surface area contributed by atoms with Crippen molar-refractivity contribution in [1.29, 1.82) is 0 Å². The monoisotopic (exact) mass is 488 g/mol. The molecule has 36 heavy (non-hydrogen) atoms. The Morgan fingerprint density at radius 3 is 1.94 bits per heavy atom. The number of fused-ring (bicyclic) bond motifs is 3. The van der Waals surface area contributed by atoms with E-state index in [0.717, 1.165) is 22.3 Å². The van der Waals surface area contributed by atoms with Crippen LogP contribution in [0.3, 0.4) is 0 Å². The molecule has 3 aromatic rings. The highest BCUT2D eigenvalue weighted by molar-refractivity contribution is 5.85. The van der Waals surface area contributed by atoms with Crippen molar-refractivity contribution in [2.75, 3.05) is 11.9 Å². The van der Waals surface area contributed by atoms with Crippen LogP contribution in [0.15, 0.2) is 72.8 Å². The maximum absolute atomic E-state index is 12.6. The van der Waals surface area contributed by atoms with Gasteiger partial charge in [0.05, 0.1) is 0 Å². The van der Waals surface area contributed by atoms with Crippen LogP contribution in [0.4, 0.5) is 15.3 Å². The van der Waals surface area contributed by atoms with Crippen molar-refractivity contribution in [2.45, 2.75) is 38.3 Å². The Bertz CT molecular complexity index is 1230. The number of aliphatic carboxylic acids is 1. The summed E-state index contributed by atoms with van der Waals surface area (Å²) in [6.45, 7) is 5.33.